The molecule has 0 bridgehead atoms. The number of rotatable bonds is 7. The molecule has 198 valence electrons. The highest BCUT2D eigenvalue weighted by molar-refractivity contribution is 5.94. The number of pyridine rings is 1. The van der Waals surface area contributed by atoms with E-state index in [0.717, 1.165) is 18.2 Å². The third kappa shape index (κ3) is 4.85. The van der Waals surface area contributed by atoms with Crippen LogP contribution in [0.3, 0.4) is 0 Å². The first kappa shape index (κ1) is 26.0. The van der Waals surface area contributed by atoms with Gasteiger partial charge < -0.3 is 20.3 Å². The van der Waals surface area contributed by atoms with Crippen LogP contribution in [0.15, 0.2) is 59.5 Å². The van der Waals surface area contributed by atoms with E-state index >= 15 is 0 Å². The van der Waals surface area contributed by atoms with Crippen molar-refractivity contribution in [3.8, 4) is 28.7 Å². The Morgan fingerprint density at radius 1 is 1.15 bits per heavy atom. The maximum absolute atomic E-state index is 14.1. The number of hydrogen-bond donors (Lipinski definition) is 2. The van der Waals surface area contributed by atoms with Gasteiger partial charge in [-0.05, 0) is 72.4 Å². The molecule has 5 rings (SSSR count). The summed E-state index contributed by atoms with van der Waals surface area (Å²) in [7, 11) is 3.37. The van der Waals surface area contributed by atoms with E-state index in [9.17, 15) is 19.5 Å². The Bertz CT molecular complexity index is 1750. The second-order valence-corrected chi connectivity index (χ2v) is 9.98. The van der Waals surface area contributed by atoms with Crippen molar-refractivity contribution < 1.29 is 14.7 Å². The molecule has 0 saturated heterocycles. The summed E-state index contributed by atoms with van der Waals surface area (Å²) in [5.74, 6) is 4.78. The van der Waals surface area contributed by atoms with Gasteiger partial charge >= 0.3 is 0 Å². The SMILES string of the molecule is CC#CC(=O)N(C)Cc1cc2cc(C3CC3)ccc2c(=O)n1-c1cccc(-c2cc(C(N)=O)n(C)c2)c1CO. The van der Waals surface area contributed by atoms with Gasteiger partial charge in [-0.2, -0.15) is 0 Å². The highest BCUT2D eigenvalue weighted by Crippen LogP contribution is 2.41. The molecule has 3 N–H and O–H groups in total. The number of aliphatic hydroxyl groups excluding tert-OH is 1. The van der Waals surface area contributed by atoms with E-state index in [-0.39, 0.29) is 24.6 Å². The summed E-state index contributed by atoms with van der Waals surface area (Å²) in [6.45, 7) is 1.38. The first-order valence-corrected chi connectivity index (χ1v) is 12.8. The van der Waals surface area contributed by atoms with Crippen molar-refractivity contribution in [2.75, 3.05) is 7.05 Å². The molecule has 4 aromatic rings. The number of primary amides is 1. The average Bonchev–Trinajstić information content (AvgIpc) is 3.69. The Labute approximate surface area is 226 Å². The lowest BCUT2D eigenvalue weighted by atomic mass is 9.99. The fourth-order valence-corrected chi connectivity index (χ4v) is 5.14. The molecule has 8 heteroatoms. The van der Waals surface area contributed by atoms with Crippen molar-refractivity contribution in [2.45, 2.75) is 38.8 Å². The Morgan fingerprint density at radius 3 is 2.56 bits per heavy atom. The van der Waals surface area contributed by atoms with Gasteiger partial charge in [-0.25, -0.2) is 0 Å². The minimum Gasteiger partial charge on any atom is -0.392 e. The third-order valence-electron chi connectivity index (χ3n) is 7.26. The number of amides is 2. The average molecular weight is 523 g/mol. The van der Waals surface area contributed by atoms with E-state index in [2.05, 4.69) is 17.9 Å². The smallest absolute Gasteiger partial charge is 0.298 e. The molecule has 1 aliphatic carbocycles. The molecule has 0 aliphatic heterocycles. The van der Waals surface area contributed by atoms with Crippen LogP contribution in [-0.2, 0) is 25.0 Å². The number of carbonyl (C=O) groups is 2. The van der Waals surface area contributed by atoms with E-state index in [4.69, 9.17) is 5.73 Å². The molecule has 0 atom stereocenters. The van der Waals surface area contributed by atoms with Crippen LogP contribution in [-0.4, -0.2) is 38.0 Å². The molecule has 2 aromatic heterocycles. The molecule has 1 fully saturated rings. The molecule has 8 nitrogen and oxygen atoms in total. The van der Waals surface area contributed by atoms with E-state index in [1.807, 2.05) is 24.3 Å². The number of nitrogens with two attached hydrogens (primary N) is 1. The van der Waals surface area contributed by atoms with Crippen molar-refractivity contribution in [1.29, 1.82) is 0 Å². The summed E-state index contributed by atoms with van der Waals surface area (Å²) in [5, 5.41) is 11.9. The predicted octanol–water partition coefficient (Wildman–Crippen LogP) is 3.45. The molecule has 39 heavy (non-hydrogen) atoms. The molecule has 2 aromatic carbocycles. The number of fused-ring (bicyclic) bond motifs is 1. The predicted molar refractivity (Wildman–Crippen MR) is 150 cm³/mol. The number of carbonyl (C=O) groups excluding carboxylic acids is 2. The molecular formula is C31H30N4O4. The molecule has 0 spiro atoms. The zero-order valence-corrected chi connectivity index (χ0v) is 22.2. The molecule has 1 saturated carbocycles. The summed E-state index contributed by atoms with van der Waals surface area (Å²) >= 11 is 0. The Hall–Kier alpha value is -4.61. The Balaban J connectivity index is 1.74. The van der Waals surface area contributed by atoms with Crippen LogP contribution in [0.4, 0.5) is 0 Å². The van der Waals surface area contributed by atoms with Gasteiger partial charge in [-0.3, -0.25) is 19.0 Å². The van der Waals surface area contributed by atoms with Crippen LogP contribution in [0, 0.1) is 11.8 Å². The largest absolute Gasteiger partial charge is 0.392 e. The fraction of sp³-hybridized carbons (Fsp3) is 0.258. The van der Waals surface area contributed by atoms with Gasteiger partial charge in [0.25, 0.3) is 17.4 Å². The van der Waals surface area contributed by atoms with Crippen LogP contribution in [0.25, 0.3) is 27.6 Å². The minimum atomic E-state index is -0.563. The topological polar surface area (TPSA) is 111 Å². The molecule has 0 radical (unpaired) electrons. The molecule has 0 unspecified atom stereocenters. The second kappa shape index (κ2) is 10.3. The van der Waals surface area contributed by atoms with Gasteiger partial charge in [0, 0.05) is 42.5 Å². The van der Waals surface area contributed by atoms with Gasteiger partial charge in [-0.1, -0.05) is 30.2 Å². The van der Waals surface area contributed by atoms with Crippen LogP contribution >= 0.6 is 0 Å². The number of benzene rings is 2. The number of nitrogens with zero attached hydrogens (tertiary/aromatic N) is 3. The highest BCUT2D eigenvalue weighted by atomic mass is 16.3. The van der Waals surface area contributed by atoms with E-state index in [1.165, 1.54) is 10.5 Å². The Kier molecular flexibility index (Phi) is 6.85. The molecule has 2 amide bonds. The number of hydrogen-bond acceptors (Lipinski definition) is 4. The van der Waals surface area contributed by atoms with Crippen LogP contribution in [0.1, 0.15) is 53.0 Å². The van der Waals surface area contributed by atoms with Crippen LogP contribution in [0.5, 0.6) is 0 Å². The van der Waals surface area contributed by atoms with Crippen molar-refractivity contribution in [2.24, 2.45) is 12.8 Å². The molecule has 1 aliphatic rings. The standard InChI is InChI=1S/C31H30N4O4/c1-4-6-29(37)34(3)17-23-14-21-13-20(19-9-10-19)11-12-25(21)31(39)35(23)27-8-5-7-24(26(27)18-36)22-15-28(30(32)38)33(2)16-22/h5,7-8,11-16,19,36H,9-10,17-18H2,1-3H3,(H2,32,38). The van der Waals surface area contributed by atoms with Crippen molar-refractivity contribution in [3.63, 3.8) is 0 Å². The zero-order chi connectivity index (χ0) is 27.8. The van der Waals surface area contributed by atoms with E-state index < -0.39 is 5.91 Å². The van der Waals surface area contributed by atoms with Gasteiger partial charge in [0.1, 0.15) is 5.69 Å². The first-order chi connectivity index (χ1) is 18.7. The maximum Gasteiger partial charge on any atom is 0.298 e. The summed E-state index contributed by atoms with van der Waals surface area (Å²) in [5.41, 5.74) is 9.76. The molecule has 2 heterocycles. The highest BCUT2D eigenvalue weighted by Gasteiger charge is 2.25. The quantitative estimate of drug-likeness (QED) is 0.362. The van der Waals surface area contributed by atoms with E-state index in [1.54, 1.807) is 54.5 Å². The zero-order valence-electron chi connectivity index (χ0n) is 22.2. The van der Waals surface area contributed by atoms with Gasteiger partial charge in [-0.15, -0.1) is 0 Å². The summed E-state index contributed by atoms with van der Waals surface area (Å²) in [6, 6.07) is 14.9. The lowest BCUT2D eigenvalue weighted by Crippen LogP contribution is -2.30. The minimum absolute atomic E-state index is 0.138. The van der Waals surface area contributed by atoms with Gasteiger partial charge in [0.2, 0.25) is 0 Å². The summed E-state index contributed by atoms with van der Waals surface area (Å²) < 4.78 is 3.20. The van der Waals surface area contributed by atoms with Crippen LogP contribution < -0.4 is 11.3 Å². The number of aryl methyl sites for hydroxylation is 1. The van der Waals surface area contributed by atoms with Crippen LogP contribution in [0.2, 0.25) is 0 Å². The first-order valence-electron chi connectivity index (χ1n) is 12.8. The lowest BCUT2D eigenvalue weighted by Gasteiger charge is -2.22. The van der Waals surface area contributed by atoms with Crippen molar-refractivity contribution >= 4 is 22.6 Å². The second-order valence-electron chi connectivity index (χ2n) is 9.98. The van der Waals surface area contributed by atoms with E-state index in [0.29, 0.717) is 45.1 Å². The molecular weight excluding hydrogens is 492 g/mol. The summed E-state index contributed by atoms with van der Waals surface area (Å²) in [4.78, 5) is 39.9. The van der Waals surface area contributed by atoms with Crippen molar-refractivity contribution in [3.05, 3.63) is 87.6 Å². The number of aliphatic hydroxyl groups is 1. The van der Waals surface area contributed by atoms with Gasteiger partial charge in [0.05, 0.1) is 18.8 Å². The number of aromatic nitrogens is 2. The maximum atomic E-state index is 14.1. The summed E-state index contributed by atoms with van der Waals surface area (Å²) in [6.07, 6.45) is 4.05. The monoisotopic (exact) mass is 522 g/mol. The third-order valence-corrected chi connectivity index (χ3v) is 7.26. The normalized spacial score (nSPS) is 12.7. The van der Waals surface area contributed by atoms with Crippen molar-refractivity contribution in [1.82, 2.24) is 14.0 Å². The fourth-order valence-electron chi connectivity index (χ4n) is 5.14. The van der Waals surface area contributed by atoms with Gasteiger partial charge in [0.15, 0.2) is 0 Å². The lowest BCUT2D eigenvalue weighted by molar-refractivity contribution is -0.124. The Morgan fingerprint density at radius 2 is 1.92 bits per heavy atom.